The SMILES string of the molecule is CCCCCCCCOc1ccc(/C=C/C(=O)Oc2ccc(/C=C/C(=O)OC)cc2)cc1. The molecular weight excluding hydrogens is 404 g/mol. The van der Waals surface area contributed by atoms with E-state index in [4.69, 9.17) is 9.47 Å². The normalized spacial score (nSPS) is 11.1. The van der Waals surface area contributed by atoms with Gasteiger partial charge in [-0.25, -0.2) is 9.59 Å². The molecule has 0 heterocycles. The van der Waals surface area contributed by atoms with Gasteiger partial charge in [0.25, 0.3) is 0 Å². The summed E-state index contributed by atoms with van der Waals surface area (Å²) in [7, 11) is 1.32. The zero-order valence-corrected chi connectivity index (χ0v) is 18.9. The molecule has 0 saturated carbocycles. The molecule has 0 amide bonds. The van der Waals surface area contributed by atoms with Gasteiger partial charge < -0.3 is 14.2 Å². The third kappa shape index (κ3) is 10.1. The molecule has 2 aromatic carbocycles. The minimum absolute atomic E-state index is 0.424. The van der Waals surface area contributed by atoms with E-state index in [9.17, 15) is 9.59 Å². The Bertz CT molecular complexity index is 879. The summed E-state index contributed by atoms with van der Waals surface area (Å²) in [6, 6.07) is 14.4. The van der Waals surface area contributed by atoms with Crippen molar-refractivity contribution in [2.24, 2.45) is 0 Å². The van der Waals surface area contributed by atoms with Crippen LogP contribution in [0.1, 0.15) is 56.6 Å². The first kappa shape index (κ1) is 24.9. The lowest BCUT2D eigenvalue weighted by molar-refractivity contribution is -0.134. The van der Waals surface area contributed by atoms with E-state index in [1.54, 1.807) is 36.4 Å². The number of carbonyl (C=O) groups is 2. The van der Waals surface area contributed by atoms with E-state index in [0.717, 1.165) is 29.9 Å². The van der Waals surface area contributed by atoms with Crippen LogP contribution < -0.4 is 9.47 Å². The van der Waals surface area contributed by atoms with E-state index in [2.05, 4.69) is 11.7 Å². The molecule has 0 atom stereocenters. The molecule has 5 heteroatoms. The quantitative estimate of drug-likeness (QED) is 0.161. The fraction of sp³-hybridized carbons (Fsp3) is 0.333. The van der Waals surface area contributed by atoms with Gasteiger partial charge in [-0.05, 0) is 54.0 Å². The molecule has 170 valence electrons. The Morgan fingerprint density at radius 1 is 0.719 bits per heavy atom. The second-order valence-electron chi connectivity index (χ2n) is 7.37. The summed E-state index contributed by atoms with van der Waals surface area (Å²) < 4.78 is 15.6. The lowest BCUT2D eigenvalue weighted by atomic mass is 10.1. The Morgan fingerprint density at radius 3 is 1.84 bits per heavy atom. The van der Waals surface area contributed by atoms with Crippen molar-refractivity contribution >= 4 is 24.1 Å². The molecule has 0 spiro atoms. The van der Waals surface area contributed by atoms with Crippen molar-refractivity contribution in [1.29, 1.82) is 0 Å². The smallest absolute Gasteiger partial charge is 0.336 e. The predicted molar refractivity (Wildman–Crippen MR) is 127 cm³/mol. The van der Waals surface area contributed by atoms with Crippen molar-refractivity contribution in [2.75, 3.05) is 13.7 Å². The molecule has 0 N–H and O–H groups in total. The van der Waals surface area contributed by atoms with Crippen LogP contribution >= 0.6 is 0 Å². The van der Waals surface area contributed by atoms with Crippen LogP contribution in [0.15, 0.2) is 60.7 Å². The van der Waals surface area contributed by atoms with Crippen molar-refractivity contribution < 1.29 is 23.8 Å². The first-order valence-corrected chi connectivity index (χ1v) is 11.1. The van der Waals surface area contributed by atoms with Crippen molar-refractivity contribution in [3.63, 3.8) is 0 Å². The third-order valence-electron chi connectivity index (χ3n) is 4.77. The Morgan fingerprint density at radius 2 is 1.25 bits per heavy atom. The molecule has 32 heavy (non-hydrogen) atoms. The standard InChI is InChI=1S/C27H32O5/c1-3-4-5-6-7-8-21-31-24-15-9-22(10-16-24)14-20-27(29)32-25-17-11-23(12-18-25)13-19-26(28)30-2/h9-20H,3-8,21H2,1-2H3/b19-13+,20-14+. The number of esters is 2. The summed E-state index contributed by atoms with van der Waals surface area (Å²) >= 11 is 0. The molecule has 2 rings (SSSR count). The molecule has 0 aliphatic carbocycles. The zero-order valence-electron chi connectivity index (χ0n) is 18.9. The molecule has 0 fully saturated rings. The van der Waals surface area contributed by atoms with E-state index in [1.807, 2.05) is 24.3 Å². The Kier molecular flexibility index (Phi) is 11.4. The van der Waals surface area contributed by atoms with Crippen molar-refractivity contribution in [1.82, 2.24) is 0 Å². The van der Waals surface area contributed by atoms with Crippen LogP contribution in [0.3, 0.4) is 0 Å². The lowest BCUT2D eigenvalue weighted by Gasteiger charge is -2.06. The van der Waals surface area contributed by atoms with E-state index in [1.165, 1.54) is 51.4 Å². The average Bonchev–Trinajstić information content (AvgIpc) is 2.82. The second kappa shape index (κ2) is 14.6. The zero-order chi connectivity index (χ0) is 23.0. The molecule has 0 bridgehead atoms. The van der Waals surface area contributed by atoms with Crippen LogP contribution in [0.4, 0.5) is 0 Å². The topological polar surface area (TPSA) is 61.8 Å². The van der Waals surface area contributed by atoms with E-state index in [0.29, 0.717) is 5.75 Å². The van der Waals surface area contributed by atoms with Gasteiger partial charge in [0.2, 0.25) is 0 Å². The molecule has 0 unspecified atom stereocenters. The maximum Gasteiger partial charge on any atom is 0.336 e. The maximum atomic E-state index is 12.1. The van der Waals surface area contributed by atoms with Crippen LogP contribution in [-0.4, -0.2) is 25.7 Å². The predicted octanol–water partition coefficient (Wildman–Crippen LogP) is 6.23. The Labute approximate surface area is 190 Å². The highest BCUT2D eigenvalue weighted by Crippen LogP contribution is 2.16. The number of methoxy groups -OCH3 is 1. The number of ether oxygens (including phenoxy) is 3. The fourth-order valence-corrected chi connectivity index (χ4v) is 2.94. The van der Waals surface area contributed by atoms with Gasteiger partial charge in [-0.2, -0.15) is 0 Å². The van der Waals surface area contributed by atoms with Gasteiger partial charge in [-0.1, -0.05) is 63.3 Å². The molecule has 0 radical (unpaired) electrons. The van der Waals surface area contributed by atoms with Gasteiger partial charge in [0.1, 0.15) is 11.5 Å². The van der Waals surface area contributed by atoms with Crippen LogP contribution in [-0.2, 0) is 14.3 Å². The largest absolute Gasteiger partial charge is 0.494 e. The van der Waals surface area contributed by atoms with E-state index >= 15 is 0 Å². The number of hydrogen-bond donors (Lipinski definition) is 0. The number of hydrogen-bond acceptors (Lipinski definition) is 5. The highest BCUT2D eigenvalue weighted by Gasteiger charge is 2.01. The van der Waals surface area contributed by atoms with E-state index < -0.39 is 11.9 Å². The molecule has 5 nitrogen and oxygen atoms in total. The van der Waals surface area contributed by atoms with Gasteiger partial charge in [0.05, 0.1) is 13.7 Å². The summed E-state index contributed by atoms with van der Waals surface area (Å²) in [5.41, 5.74) is 1.68. The Hall–Kier alpha value is -3.34. The highest BCUT2D eigenvalue weighted by atomic mass is 16.5. The van der Waals surface area contributed by atoms with Crippen LogP contribution in [0, 0.1) is 0 Å². The Balaban J connectivity index is 1.74. The number of benzene rings is 2. The van der Waals surface area contributed by atoms with Gasteiger partial charge in [0.15, 0.2) is 0 Å². The average molecular weight is 437 g/mol. The number of carbonyl (C=O) groups excluding carboxylic acids is 2. The van der Waals surface area contributed by atoms with Crippen molar-refractivity contribution in [3.8, 4) is 11.5 Å². The van der Waals surface area contributed by atoms with Crippen LogP contribution in [0.5, 0.6) is 11.5 Å². The van der Waals surface area contributed by atoms with E-state index in [-0.39, 0.29) is 0 Å². The number of unbranched alkanes of at least 4 members (excludes halogenated alkanes) is 5. The van der Waals surface area contributed by atoms with Gasteiger partial charge in [-0.3, -0.25) is 0 Å². The summed E-state index contributed by atoms with van der Waals surface area (Å²) in [6.45, 7) is 2.95. The molecule has 2 aromatic rings. The van der Waals surface area contributed by atoms with Gasteiger partial charge in [-0.15, -0.1) is 0 Å². The highest BCUT2D eigenvalue weighted by molar-refractivity contribution is 5.89. The summed E-state index contributed by atoms with van der Waals surface area (Å²) in [6.07, 6.45) is 13.5. The fourth-order valence-electron chi connectivity index (χ4n) is 2.94. The molecule has 0 aromatic heterocycles. The minimum atomic E-state index is -0.466. The van der Waals surface area contributed by atoms with Crippen molar-refractivity contribution in [3.05, 3.63) is 71.8 Å². The first-order chi connectivity index (χ1) is 15.6. The first-order valence-electron chi connectivity index (χ1n) is 11.1. The van der Waals surface area contributed by atoms with Gasteiger partial charge in [0, 0.05) is 12.2 Å². The summed E-state index contributed by atoms with van der Waals surface area (Å²) in [5, 5.41) is 0. The summed E-state index contributed by atoms with van der Waals surface area (Å²) in [4.78, 5) is 23.2. The third-order valence-corrected chi connectivity index (χ3v) is 4.77. The number of rotatable bonds is 13. The monoisotopic (exact) mass is 436 g/mol. The van der Waals surface area contributed by atoms with Crippen LogP contribution in [0.2, 0.25) is 0 Å². The minimum Gasteiger partial charge on any atom is -0.494 e. The summed E-state index contributed by atoms with van der Waals surface area (Å²) in [5.74, 6) is 0.363. The maximum absolute atomic E-state index is 12.1. The molecule has 0 saturated heterocycles. The molecule has 0 aliphatic heterocycles. The second-order valence-corrected chi connectivity index (χ2v) is 7.37. The lowest BCUT2D eigenvalue weighted by Crippen LogP contribution is -2.03. The van der Waals surface area contributed by atoms with Gasteiger partial charge >= 0.3 is 11.9 Å². The molecule has 0 aliphatic rings. The van der Waals surface area contributed by atoms with Crippen molar-refractivity contribution in [2.45, 2.75) is 45.4 Å². The molecular formula is C27H32O5. The van der Waals surface area contributed by atoms with Crippen LogP contribution in [0.25, 0.3) is 12.2 Å².